The normalized spacial score (nSPS) is 16.9. The molecule has 4 nitrogen and oxygen atoms in total. The molecule has 0 radical (unpaired) electrons. The number of carbonyl (C=O) groups is 2. The quantitative estimate of drug-likeness (QED) is 0.489. The van der Waals surface area contributed by atoms with E-state index < -0.39 is 0 Å². The summed E-state index contributed by atoms with van der Waals surface area (Å²) >= 11 is 0. The summed E-state index contributed by atoms with van der Waals surface area (Å²) in [5, 5.41) is 0. The van der Waals surface area contributed by atoms with Crippen molar-refractivity contribution in [3.05, 3.63) is 0 Å². The molecule has 0 atom stereocenters. The minimum absolute atomic E-state index is 0.0771. The van der Waals surface area contributed by atoms with Crippen LogP contribution in [0.1, 0.15) is 19.8 Å². The van der Waals surface area contributed by atoms with E-state index in [2.05, 4.69) is 5.92 Å². The number of terminal acetylenes is 1. The zero-order valence-electron chi connectivity index (χ0n) is 8.86. The highest BCUT2D eigenvalue weighted by Crippen LogP contribution is 2.18. The van der Waals surface area contributed by atoms with Crippen molar-refractivity contribution in [2.45, 2.75) is 19.8 Å². The molecule has 0 aromatic carbocycles. The third-order valence-corrected chi connectivity index (χ3v) is 2.53. The van der Waals surface area contributed by atoms with E-state index in [9.17, 15) is 9.59 Å². The molecule has 82 valence electrons. The fraction of sp³-hybridized carbons (Fsp3) is 0.636. The Kier molecular flexibility index (Phi) is 4.17. The second-order valence-corrected chi connectivity index (χ2v) is 3.46. The van der Waals surface area contributed by atoms with Gasteiger partial charge in [-0.3, -0.25) is 9.59 Å². The third-order valence-electron chi connectivity index (χ3n) is 2.53. The molecule has 1 fully saturated rings. The van der Waals surface area contributed by atoms with Crippen LogP contribution in [0.5, 0.6) is 0 Å². The van der Waals surface area contributed by atoms with Crippen LogP contribution in [0.25, 0.3) is 0 Å². The molecule has 0 spiro atoms. The number of ether oxygens (including phenoxy) is 1. The number of esters is 1. The number of amides is 1. The molecule has 1 amide bonds. The molecule has 1 heterocycles. The van der Waals surface area contributed by atoms with Crippen LogP contribution in [-0.2, 0) is 14.3 Å². The molecule has 0 bridgehead atoms. The van der Waals surface area contributed by atoms with Gasteiger partial charge in [0, 0.05) is 13.1 Å². The van der Waals surface area contributed by atoms with Crippen LogP contribution in [0.3, 0.4) is 0 Å². The molecule has 1 saturated heterocycles. The van der Waals surface area contributed by atoms with E-state index in [1.807, 2.05) is 0 Å². The molecule has 1 aliphatic rings. The molecule has 0 aliphatic carbocycles. The van der Waals surface area contributed by atoms with Gasteiger partial charge in [0.05, 0.1) is 12.5 Å². The van der Waals surface area contributed by atoms with Crippen molar-refractivity contribution in [3.63, 3.8) is 0 Å². The third kappa shape index (κ3) is 2.98. The van der Waals surface area contributed by atoms with Crippen molar-refractivity contribution in [1.29, 1.82) is 0 Å². The first-order valence-corrected chi connectivity index (χ1v) is 5.11. The number of piperidine rings is 1. The minimum atomic E-state index is -0.294. The van der Waals surface area contributed by atoms with Crippen LogP contribution in [0.2, 0.25) is 0 Å². The van der Waals surface area contributed by atoms with Crippen molar-refractivity contribution < 1.29 is 14.3 Å². The van der Waals surface area contributed by atoms with Gasteiger partial charge in [0.1, 0.15) is 0 Å². The van der Waals surface area contributed by atoms with Gasteiger partial charge in [-0.25, -0.2) is 0 Å². The summed E-state index contributed by atoms with van der Waals surface area (Å²) in [5.74, 6) is 1.54. The van der Waals surface area contributed by atoms with E-state index in [-0.39, 0.29) is 17.8 Å². The molecule has 0 aromatic heterocycles. The summed E-state index contributed by atoms with van der Waals surface area (Å²) in [6.07, 6.45) is 6.30. The van der Waals surface area contributed by atoms with Crippen molar-refractivity contribution in [2.24, 2.45) is 5.92 Å². The second kappa shape index (κ2) is 5.40. The molecule has 0 N–H and O–H groups in total. The predicted octanol–water partition coefficient (Wildman–Crippen LogP) is 0.421. The molecule has 1 aliphatic heterocycles. The van der Waals surface area contributed by atoms with Crippen molar-refractivity contribution in [3.8, 4) is 12.3 Å². The van der Waals surface area contributed by atoms with Crippen LogP contribution in [-0.4, -0.2) is 36.5 Å². The Bertz CT molecular complexity index is 285. The van der Waals surface area contributed by atoms with Crippen LogP contribution in [0, 0.1) is 18.3 Å². The molecule has 15 heavy (non-hydrogen) atoms. The number of hydrogen-bond acceptors (Lipinski definition) is 3. The number of rotatable bonds is 2. The summed E-state index contributed by atoms with van der Waals surface area (Å²) < 4.78 is 4.92. The first kappa shape index (κ1) is 11.6. The van der Waals surface area contributed by atoms with E-state index in [1.165, 1.54) is 0 Å². The van der Waals surface area contributed by atoms with Crippen LogP contribution in [0.15, 0.2) is 0 Å². The topological polar surface area (TPSA) is 46.6 Å². The van der Waals surface area contributed by atoms with Crippen LogP contribution < -0.4 is 0 Å². The van der Waals surface area contributed by atoms with Gasteiger partial charge in [-0.2, -0.15) is 0 Å². The lowest BCUT2D eigenvalue weighted by Gasteiger charge is -2.29. The van der Waals surface area contributed by atoms with Gasteiger partial charge < -0.3 is 9.64 Å². The van der Waals surface area contributed by atoms with Crippen LogP contribution >= 0.6 is 0 Å². The first-order chi connectivity index (χ1) is 7.19. The lowest BCUT2D eigenvalue weighted by Crippen LogP contribution is -2.40. The SMILES string of the molecule is C#CC(=O)N1CCC(C(=O)OCC)CC1. The standard InChI is InChI=1S/C11H15NO3/c1-3-10(13)12-7-5-9(6-8-12)11(14)15-4-2/h1,9H,4-8H2,2H3. The minimum Gasteiger partial charge on any atom is -0.466 e. The van der Waals surface area contributed by atoms with Crippen LogP contribution in [0.4, 0.5) is 0 Å². The lowest BCUT2D eigenvalue weighted by molar-refractivity contribution is -0.150. The van der Waals surface area contributed by atoms with E-state index in [0.717, 1.165) is 0 Å². The molecule has 0 unspecified atom stereocenters. The number of carbonyl (C=O) groups excluding carboxylic acids is 2. The van der Waals surface area contributed by atoms with Gasteiger partial charge in [-0.05, 0) is 25.7 Å². The Morgan fingerprint density at radius 3 is 2.53 bits per heavy atom. The Hall–Kier alpha value is -1.50. The number of hydrogen-bond donors (Lipinski definition) is 0. The zero-order chi connectivity index (χ0) is 11.3. The molecule has 4 heteroatoms. The monoisotopic (exact) mass is 209 g/mol. The Morgan fingerprint density at radius 1 is 1.47 bits per heavy atom. The average Bonchev–Trinajstić information content (AvgIpc) is 2.28. The van der Waals surface area contributed by atoms with Gasteiger partial charge in [0.25, 0.3) is 5.91 Å². The molecular weight excluding hydrogens is 194 g/mol. The smallest absolute Gasteiger partial charge is 0.309 e. The van der Waals surface area contributed by atoms with Gasteiger partial charge in [0.2, 0.25) is 0 Å². The molecule has 0 aromatic rings. The highest BCUT2D eigenvalue weighted by molar-refractivity contribution is 5.93. The molecule has 0 saturated carbocycles. The fourth-order valence-corrected chi connectivity index (χ4v) is 1.67. The average molecular weight is 209 g/mol. The molecular formula is C11H15NO3. The fourth-order valence-electron chi connectivity index (χ4n) is 1.67. The largest absolute Gasteiger partial charge is 0.466 e. The predicted molar refractivity (Wildman–Crippen MR) is 54.8 cm³/mol. The summed E-state index contributed by atoms with van der Waals surface area (Å²) in [6.45, 7) is 3.29. The summed E-state index contributed by atoms with van der Waals surface area (Å²) in [7, 11) is 0. The highest BCUT2D eigenvalue weighted by atomic mass is 16.5. The van der Waals surface area contributed by atoms with E-state index in [1.54, 1.807) is 11.8 Å². The Morgan fingerprint density at radius 2 is 2.07 bits per heavy atom. The lowest BCUT2D eigenvalue weighted by atomic mass is 9.97. The number of likely N-dealkylation sites (tertiary alicyclic amines) is 1. The van der Waals surface area contributed by atoms with Crippen molar-refractivity contribution >= 4 is 11.9 Å². The molecule has 1 rings (SSSR count). The Balaban J connectivity index is 2.39. The van der Waals surface area contributed by atoms with Gasteiger partial charge >= 0.3 is 5.97 Å². The maximum Gasteiger partial charge on any atom is 0.309 e. The maximum absolute atomic E-state index is 11.4. The number of nitrogens with zero attached hydrogens (tertiary/aromatic N) is 1. The first-order valence-electron chi connectivity index (χ1n) is 5.11. The maximum atomic E-state index is 11.4. The van der Waals surface area contributed by atoms with Gasteiger partial charge in [-0.1, -0.05) is 0 Å². The van der Waals surface area contributed by atoms with Gasteiger partial charge in [-0.15, -0.1) is 6.42 Å². The summed E-state index contributed by atoms with van der Waals surface area (Å²) in [6, 6.07) is 0. The van der Waals surface area contributed by atoms with Crippen molar-refractivity contribution in [2.75, 3.05) is 19.7 Å². The van der Waals surface area contributed by atoms with E-state index >= 15 is 0 Å². The van der Waals surface area contributed by atoms with E-state index in [4.69, 9.17) is 11.2 Å². The van der Waals surface area contributed by atoms with Crippen molar-refractivity contribution in [1.82, 2.24) is 4.90 Å². The second-order valence-electron chi connectivity index (χ2n) is 3.46. The highest BCUT2D eigenvalue weighted by Gasteiger charge is 2.27. The van der Waals surface area contributed by atoms with E-state index in [0.29, 0.717) is 32.5 Å². The Labute approximate surface area is 89.6 Å². The zero-order valence-corrected chi connectivity index (χ0v) is 8.86. The summed E-state index contributed by atoms with van der Waals surface area (Å²) in [4.78, 5) is 24.1. The summed E-state index contributed by atoms with van der Waals surface area (Å²) in [5.41, 5.74) is 0. The van der Waals surface area contributed by atoms with Gasteiger partial charge in [0.15, 0.2) is 0 Å².